The summed E-state index contributed by atoms with van der Waals surface area (Å²) >= 11 is 4.43. The predicted octanol–water partition coefficient (Wildman–Crippen LogP) is 5.27. The Kier molecular flexibility index (Phi) is 6.33. The summed E-state index contributed by atoms with van der Waals surface area (Å²) in [4.78, 5) is 14.1. The molecule has 1 aliphatic rings. The number of furan rings is 1. The number of amides is 1. The van der Waals surface area contributed by atoms with E-state index >= 15 is 0 Å². The highest BCUT2D eigenvalue weighted by Gasteiger charge is 2.35. The van der Waals surface area contributed by atoms with E-state index in [1.54, 1.807) is 22.6 Å². The van der Waals surface area contributed by atoms with Crippen LogP contribution in [0.3, 0.4) is 0 Å². The van der Waals surface area contributed by atoms with Gasteiger partial charge in [0.25, 0.3) is 5.91 Å². The van der Waals surface area contributed by atoms with Crippen molar-refractivity contribution in [1.82, 2.24) is 15.2 Å². The maximum Gasteiger partial charge on any atom is 0.253 e. The van der Waals surface area contributed by atoms with Crippen LogP contribution in [-0.4, -0.2) is 32.6 Å². The van der Waals surface area contributed by atoms with Crippen molar-refractivity contribution in [3.05, 3.63) is 82.4 Å². The maximum atomic E-state index is 13.1. The zero-order valence-corrected chi connectivity index (χ0v) is 19.3. The van der Waals surface area contributed by atoms with Gasteiger partial charge in [-0.15, -0.1) is 21.5 Å². The summed E-state index contributed by atoms with van der Waals surface area (Å²) in [6.45, 7) is 0.678. The zero-order chi connectivity index (χ0) is 21.8. The summed E-state index contributed by atoms with van der Waals surface area (Å²) in [5.41, 5.74) is 2.08. The van der Waals surface area contributed by atoms with E-state index in [0.717, 1.165) is 25.8 Å². The van der Waals surface area contributed by atoms with Crippen molar-refractivity contribution in [3.8, 4) is 0 Å². The van der Waals surface area contributed by atoms with Gasteiger partial charge in [-0.25, -0.2) is 5.01 Å². The van der Waals surface area contributed by atoms with Crippen molar-refractivity contribution in [1.29, 1.82) is 0 Å². The van der Waals surface area contributed by atoms with Crippen molar-refractivity contribution in [2.24, 2.45) is 5.10 Å². The maximum absolute atomic E-state index is 13.1. The van der Waals surface area contributed by atoms with Crippen LogP contribution in [0.2, 0.25) is 0 Å². The fourth-order valence-electron chi connectivity index (χ4n) is 3.34. The molecule has 0 saturated carbocycles. The molecule has 0 unspecified atom stereocenters. The molecule has 1 atom stereocenters. The standard InChI is InChI=1S/C22H19N5O2S3/c28-20(14-31-22-25-24-21(32-22)23-13-15-6-2-1-3-7-15)27-17(18-8-4-10-29-18)12-16(26-27)19-9-5-11-30-19/h1-11,17H,12-14H2,(H,23,24)/t17-/m0/s1. The summed E-state index contributed by atoms with van der Waals surface area (Å²) in [6, 6.07) is 17.6. The Hall–Kier alpha value is -2.95. The Morgan fingerprint density at radius 3 is 2.84 bits per heavy atom. The number of nitrogens with zero attached hydrogens (tertiary/aromatic N) is 4. The number of rotatable bonds is 8. The van der Waals surface area contributed by atoms with Gasteiger partial charge < -0.3 is 9.73 Å². The van der Waals surface area contributed by atoms with E-state index < -0.39 is 0 Å². The number of anilines is 1. The van der Waals surface area contributed by atoms with Gasteiger partial charge in [0.05, 0.1) is 22.6 Å². The molecule has 0 aliphatic carbocycles. The van der Waals surface area contributed by atoms with Gasteiger partial charge in [0.1, 0.15) is 11.8 Å². The van der Waals surface area contributed by atoms with Gasteiger partial charge in [-0.05, 0) is 29.1 Å². The van der Waals surface area contributed by atoms with Crippen molar-refractivity contribution in [2.45, 2.75) is 23.3 Å². The Morgan fingerprint density at radius 2 is 2.06 bits per heavy atom. The number of hydrogen-bond donors (Lipinski definition) is 1. The van der Waals surface area contributed by atoms with Crippen LogP contribution in [0, 0.1) is 0 Å². The SMILES string of the molecule is O=C(CSc1nnc(NCc2ccccc2)s1)N1N=C(c2cccs2)C[C@H]1c1ccco1. The molecule has 1 aliphatic heterocycles. The molecule has 162 valence electrons. The second kappa shape index (κ2) is 9.68. The monoisotopic (exact) mass is 481 g/mol. The number of aromatic nitrogens is 2. The van der Waals surface area contributed by atoms with E-state index in [1.807, 2.05) is 47.8 Å². The largest absolute Gasteiger partial charge is 0.467 e. The summed E-state index contributed by atoms with van der Waals surface area (Å²) in [6.07, 6.45) is 2.26. The van der Waals surface area contributed by atoms with Crippen molar-refractivity contribution in [3.63, 3.8) is 0 Å². The second-order valence-electron chi connectivity index (χ2n) is 7.00. The number of nitrogens with one attached hydrogen (secondary N) is 1. The van der Waals surface area contributed by atoms with E-state index in [4.69, 9.17) is 4.42 Å². The average molecular weight is 482 g/mol. The van der Waals surface area contributed by atoms with E-state index in [9.17, 15) is 4.79 Å². The molecule has 0 saturated heterocycles. The lowest BCUT2D eigenvalue weighted by molar-refractivity contribution is -0.130. The molecule has 7 nitrogen and oxygen atoms in total. The molecule has 10 heteroatoms. The molecule has 1 N–H and O–H groups in total. The van der Waals surface area contributed by atoms with Gasteiger partial charge in [0.15, 0.2) is 4.34 Å². The lowest BCUT2D eigenvalue weighted by atomic mass is 10.1. The van der Waals surface area contributed by atoms with Gasteiger partial charge in [-0.3, -0.25) is 4.79 Å². The van der Waals surface area contributed by atoms with Crippen LogP contribution in [0.15, 0.2) is 80.1 Å². The van der Waals surface area contributed by atoms with Crippen LogP contribution in [-0.2, 0) is 11.3 Å². The topological polar surface area (TPSA) is 83.6 Å². The Labute approximate surface area is 197 Å². The molecule has 0 bridgehead atoms. The minimum Gasteiger partial charge on any atom is -0.467 e. The van der Waals surface area contributed by atoms with E-state index in [-0.39, 0.29) is 17.7 Å². The molecule has 0 radical (unpaired) electrons. The summed E-state index contributed by atoms with van der Waals surface area (Å²) in [5, 5.41) is 20.6. The highest BCUT2D eigenvalue weighted by atomic mass is 32.2. The van der Waals surface area contributed by atoms with Crippen molar-refractivity contribution < 1.29 is 9.21 Å². The van der Waals surface area contributed by atoms with Gasteiger partial charge in [0, 0.05) is 13.0 Å². The quantitative estimate of drug-likeness (QED) is 0.345. The fourth-order valence-corrected chi connectivity index (χ4v) is 5.66. The fraction of sp³-hybridized carbons (Fsp3) is 0.182. The zero-order valence-electron chi connectivity index (χ0n) is 16.9. The number of carbonyl (C=O) groups excluding carboxylic acids is 1. The first-order valence-electron chi connectivity index (χ1n) is 9.97. The van der Waals surface area contributed by atoms with Crippen molar-refractivity contribution in [2.75, 3.05) is 11.1 Å². The number of hydrogen-bond acceptors (Lipinski definition) is 9. The highest BCUT2D eigenvalue weighted by Crippen LogP contribution is 2.35. The lowest BCUT2D eigenvalue weighted by Crippen LogP contribution is -2.28. The molecule has 4 heterocycles. The van der Waals surface area contributed by atoms with Gasteiger partial charge in [-0.2, -0.15) is 5.10 Å². The van der Waals surface area contributed by atoms with Crippen LogP contribution in [0.1, 0.15) is 28.7 Å². The van der Waals surface area contributed by atoms with Gasteiger partial charge in [-0.1, -0.05) is 59.5 Å². The minimum absolute atomic E-state index is 0.0862. The van der Waals surface area contributed by atoms with Crippen molar-refractivity contribution >= 4 is 51.2 Å². The smallest absolute Gasteiger partial charge is 0.253 e. The normalized spacial score (nSPS) is 15.7. The summed E-state index contributed by atoms with van der Waals surface area (Å²) in [7, 11) is 0. The van der Waals surface area contributed by atoms with E-state index in [0.29, 0.717) is 13.0 Å². The molecule has 4 aromatic rings. The van der Waals surface area contributed by atoms with Gasteiger partial charge in [0.2, 0.25) is 5.13 Å². The second-order valence-corrected chi connectivity index (χ2v) is 10.1. The lowest BCUT2D eigenvalue weighted by Gasteiger charge is -2.19. The molecule has 3 aromatic heterocycles. The molecule has 0 spiro atoms. The van der Waals surface area contributed by atoms with E-state index in [2.05, 4.69) is 32.7 Å². The van der Waals surface area contributed by atoms with Crippen LogP contribution < -0.4 is 5.32 Å². The third-order valence-corrected chi connectivity index (χ3v) is 7.77. The molecule has 1 amide bonds. The summed E-state index contributed by atoms with van der Waals surface area (Å²) in [5.74, 6) is 0.880. The van der Waals surface area contributed by atoms with E-state index in [1.165, 1.54) is 28.7 Å². The van der Waals surface area contributed by atoms with Crippen LogP contribution >= 0.6 is 34.4 Å². The Balaban J connectivity index is 1.22. The number of hydrazone groups is 1. The number of thioether (sulfide) groups is 1. The third-order valence-electron chi connectivity index (χ3n) is 4.86. The first-order chi connectivity index (χ1) is 15.8. The first-order valence-corrected chi connectivity index (χ1v) is 12.7. The number of carbonyl (C=O) groups is 1. The minimum atomic E-state index is -0.229. The van der Waals surface area contributed by atoms with Crippen LogP contribution in [0.25, 0.3) is 0 Å². The predicted molar refractivity (Wildman–Crippen MR) is 128 cm³/mol. The molecule has 5 rings (SSSR count). The van der Waals surface area contributed by atoms with Crippen LogP contribution in [0.5, 0.6) is 0 Å². The number of thiophene rings is 1. The molecular formula is C22H19N5O2S3. The number of benzene rings is 1. The molecule has 0 fully saturated rings. The average Bonchev–Trinajstić information content (AvgIpc) is 3.63. The molecule has 1 aromatic carbocycles. The van der Waals surface area contributed by atoms with Crippen LogP contribution in [0.4, 0.5) is 5.13 Å². The molecule has 32 heavy (non-hydrogen) atoms. The highest BCUT2D eigenvalue weighted by molar-refractivity contribution is 8.01. The van der Waals surface area contributed by atoms with Gasteiger partial charge >= 0.3 is 0 Å². The first kappa shape index (κ1) is 20.9. The molecular weight excluding hydrogens is 462 g/mol. The third kappa shape index (κ3) is 4.77. The Bertz CT molecular complexity index is 1190. The summed E-state index contributed by atoms with van der Waals surface area (Å²) < 4.78 is 6.33. The Morgan fingerprint density at radius 1 is 1.16 bits per heavy atom.